The molecule has 0 saturated carbocycles. The molecular weight excluding hydrogens is 358 g/mol. The number of carboxylic acids is 1. The lowest BCUT2D eigenvalue weighted by Crippen LogP contribution is -2.33. The van der Waals surface area contributed by atoms with Crippen LogP contribution < -0.4 is 14.8 Å². The van der Waals surface area contributed by atoms with Crippen molar-refractivity contribution in [3.63, 3.8) is 0 Å². The van der Waals surface area contributed by atoms with Crippen molar-refractivity contribution < 1.29 is 24.2 Å². The van der Waals surface area contributed by atoms with Gasteiger partial charge in [0.2, 0.25) is 0 Å². The summed E-state index contributed by atoms with van der Waals surface area (Å²) in [4.78, 5) is 24.1. The monoisotopic (exact) mass is 377 g/mol. The number of methoxy groups -OCH3 is 1. The van der Waals surface area contributed by atoms with Gasteiger partial charge in [-0.2, -0.15) is 0 Å². The molecule has 0 heterocycles. The van der Waals surface area contributed by atoms with Gasteiger partial charge in [-0.1, -0.05) is 48.9 Å². The minimum atomic E-state index is -1.18. The Balaban J connectivity index is 2.28. The number of benzene rings is 2. The highest BCUT2D eigenvalue weighted by molar-refractivity contribution is 6.32. The zero-order chi connectivity index (χ0) is 19.1. The van der Waals surface area contributed by atoms with Crippen molar-refractivity contribution >= 4 is 23.5 Å². The van der Waals surface area contributed by atoms with Crippen LogP contribution in [0.15, 0.2) is 42.5 Å². The van der Waals surface area contributed by atoms with Gasteiger partial charge in [-0.25, -0.2) is 4.79 Å². The summed E-state index contributed by atoms with van der Waals surface area (Å²) in [6.07, 6.45) is 0.791. The summed E-state index contributed by atoms with van der Waals surface area (Å²) in [7, 11) is 1.44. The number of nitrogens with one attached hydrogen (secondary N) is 1. The zero-order valence-corrected chi connectivity index (χ0v) is 15.2. The molecule has 1 amide bonds. The Labute approximate surface area is 156 Å². The molecule has 0 radical (unpaired) electrons. The summed E-state index contributed by atoms with van der Waals surface area (Å²) < 4.78 is 10.8. The molecule has 0 aromatic heterocycles. The van der Waals surface area contributed by atoms with Crippen LogP contribution in [0.1, 0.15) is 35.3 Å². The average molecular weight is 378 g/mol. The van der Waals surface area contributed by atoms with E-state index in [2.05, 4.69) is 5.32 Å². The van der Waals surface area contributed by atoms with Crippen molar-refractivity contribution in [3.8, 4) is 11.5 Å². The highest BCUT2D eigenvalue weighted by atomic mass is 35.5. The molecule has 7 heteroatoms. The van der Waals surface area contributed by atoms with Crippen molar-refractivity contribution in [2.24, 2.45) is 0 Å². The second-order valence-corrected chi connectivity index (χ2v) is 5.90. The molecule has 26 heavy (non-hydrogen) atoms. The first-order valence-corrected chi connectivity index (χ1v) is 8.44. The van der Waals surface area contributed by atoms with E-state index in [1.165, 1.54) is 19.2 Å². The van der Waals surface area contributed by atoms with Crippen molar-refractivity contribution in [2.45, 2.75) is 19.4 Å². The van der Waals surface area contributed by atoms with Gasteiger partial charge in [0.15, 0.2) is 17.5 Å². The van der Waals surface area contributed by atoms with Gasteiger partial charge in [0.25, 0.3) is 5.91 Å². The Bertz CT molecular complexity index is 779. The van der Waals surface area contributed by atoms with E-state index in [4.69, 9.17) is 21.1 Å². The van der Waals surface area contributed by atoms with Crippen LogP contribution in [0.5, 0.6) is 11.5 Å². The molecule has 0 aliphatic rings. The quantitative estimate of drug-likeness (QED) is 0.732. The molecular formula is C19H20ClNO5. The lowest BCUT2D eigenvalue weighted by atomic mass is 10.1. The summed E-state index contributed by atoms with van der Waals surface area (Å²) in [5.41, 5.74) is 0.646. The lowest BCUT2D eigenvalue weighted by molar-refractivity contribution is -0.139. The van der Waals surface area contributed by atoms with Crippen LogP contribution in [0.25, 0.3) is 0 Å². The molecule has 1 unspecified atom stereocenters. The molecule has 0 bridgehead atoms. The van der Waals surface area contributed by atoms with E-state index in [9.17, 15) is 14.7 Å². The highest BCUT2D eigenvalue weighted by Crippen LogP contribution is 2.36. The van der Waals surface area contributed by atoms with E-state index in [1.807, 2.05) is 6.92 Å². The Kier molecular flexibility index (Phi) is 6.86. The number of carboxylic acid groups (broad SMARTS) is 1. The molecule has 6 nitrogen and oxygen atoms in total. The molecule has 138 valence electrons. The van der Waals surface area contributed by atoms with Gasteiger partial charge in [0, 0.05) is 5.56 Å². The molecule has 1 atom stereocenters. The maximum absolute atomic E-state index is 12.5. The van der Waals surface area contributed by atoms with Gasteiger partial charge in [0.05, 0.1) is 18.7 Å². The number of carbonyl (C=O) groups excluding carboxylic acids is 1. The minimum Gasteiger partial charge on any atom is -0.493 e. The average Bonchev–Trinajstić information content (AvgIpc) is 2.64. The van der Waals surface area contributed by atoms with Gasteiger partial charge >= 0.3 is 5.97 Å². The summed E-state index contributed by atoms with van der Waals surface area (Å²) in [6.45, 7) is 2.41. The number of rotatable bonds is 8. The second-order valence-electron chi connectivity index (χ2n) is 5.49. The molecule has 0 spiro atoms. The summed E-state index contributed by atoms with van der Waals surface area (Å²) >= 11 is 6.21. The smallest absolute Gasteiger partial charge is 0.330 e. The van der Waals surface area contributed by atoms with Crippen molar-refractivity contribution in [1.82, 2.24) is 5.32 Å². The third kappa shape index (κ3) is 4.67. The van der Waals surface area contributed by atoms with Crippen LogP contribution >= 0.6 is 11.6 Å². The molecule has 0 aliphatic carbocycles. The SMILES string of the molecule is CCCOc1c(Cl)cc(C(=O)NC(C(=O)O)c2ccccc2)cc1OC. The number of hydrogen-bond acceptors (Lipinski definition) is 4. The Morgan fingerprint density at radius 2 is 1.92 bits per heavy atom. The summed E-state index contributed by atoms with van der Waals surface area (Å²) in [6, 6.07) is 10.2. The molecule has 0 saturated heterocycles. The normalized spacial score (nSPS) is 11.5. The van der Waals surface area contributed by atoms with Gasteiger partial charge in [-0.15, -0.1) is 0 Å². The van der Waals surface area contributed by atoms with Crippen molar-refractivity contribution in [2.75, 3.05) is 13.7 Å². The minimum absolute atomic E-state index is 0.179. The first-order chi connectivity index (χ1) is 12.5. The topological polar surface area (TPSA) is 84.9 Å². The molecule has 0 fully saturated rings. The summed E-state index contributed by atoms with van der Waals surface area (Å²) in [5.74, 6) is -1.08. The van der Waals surface area contributed by atoms with E-state index in [1.54, 1.807) is 30.3 Å². The maximum atomic E-state index is 12.5. The second kappa shape index (κ2) is 9.10. The lowest BCUT2D eigenvalue weighted by Gasteiger charge is -2.17. The van der Waals surface area contributed by atoms with E-state index in [0.29, 0.717) is 23.7 Å². The van der Waals surface area contributed by atoms with Gasteiger partial charge in [-0.3, -0.25) is 4.79 Å². The predicted molar refractivity (Wildman–Crippen MR) is 98.1 cm³/mol. The molecule has 2 N–H and O–H groups in total. The molecule has 0 aliphatic heterocycles. The highest BCUT2D eigenvalue weighted by Gasteiger charge is 2.24. The number of carbonyl (C=O) groups is 2. The Morgan fingerprint density at radius 3 is 2.50 bits per heavy atom. The van der Waals surface area contributed by atoms with Crippen LogP contribution in [-0.4, -0.2) is 30.7 Å². The Morgan fingerprint density at radius 1 is 1.23 bits per heavy atom. The number of aliphatic carboxylic acids is 1. The van der Waals surface area contributed by atoms with Crippen LogP contribution in [0.3, 0.4) is 0 Å². The van der Waals surface area contributed by atoms with Gasteiger partial charge in [0.1, 0.15) is 0 Å². The van der Waals surface area contributed by atoms with Crippen molar-refractivity contribution in [1.29, 1.82) is 0 Å². The fourth-order valence-electron chi connectivity index (χ4n) is 2.34. The number of amides is 1. The summed E-state index contributed by atoms with van der Waals surface area (Å²) in [5, 5.41) is 12.1. The maximum Gasteiger partial charge on any atom is 0.330 e. The number of halogens is 1. The standard InChI is InChI=1S/C19H20ClNO5/c1-3-9-26-17-14(20)10-13(11-15(17)25-2)18(22)21-16(19(23)24)12-7-5-4-6-8-12/h4-8,10-11,16H,3,9H2,1-2H3,(H,21,22)(H,23,24). The predicted octanol–water partition coefficient (Wildman–Crippen LogP) is 3.69. The van der Waals surface area contributed by atoms with E-state index in [0.717, 1.165) is 6.42 Å². The largest absolute Gasteiger partial charge is 0.493 e. The molecule has 2 aromatic carbocycles. The van der Waals surface area contributed by atoms with E-state index in [-0.39, 0.29) is 10.6 Å². The van der Waals surface area contributed by atoms with Gasteiger partial charge in [-0.05, 0) is 24.1 Å². The third-order valence-electron chi connectivity index (χ3n) is 3.60. The van der Waals surface area contributed by atoms with Crippen LogP contribution in [0, 0.1) is 0 Å². The van der Waals surface area contributed by atoms with Crippen LogP contribution in [-0.2, 0) is 4.79 Å². The first kappa shape index (κ1) is 19.6. The third-order valence-corrected chi connectivity index (χ3v) is 3.88. The van der Waals surface area contributed by atoms with E-state index >= 15 is 0 Å². The number of ether oxygens (including phenoxy) is 2. The van der Waals surface area contributed by atoms with Crippen LogP contribution in [0.2, 0.25) is 5.02 Å². The fourth-order valence-corrected chi connectivity index (χ4v) is 2.61. The van der Waals surface area contributed by atoms with Gasteiger partial charge < -0.3 is 19.9 Å². The van der Waals surface area contributed by atoms with Crippen molar-refractivity contribution in [3.05, 3.63) is 58.6 Å². The zero-order valence-electron chi connectivity index (χ0n) is 14.5. The van der Waals surface area contributed by atoms with E-state index < -0.39 is 17.9 Å². The molecule has 2 aromatic rings. The first-order valence-electron chi connectivity index (χ1n) is 8.06. The Hall–Kier alpha value is -2.73. The number of hydrogen-bond donors (Lipinski definition) is 2. The fraction of sp³-hybridized carbons (Fsp3) is 0.263. The van der Waals surface area contributed by atoms with Crippen LogP contribution in [0.4, 0.5) is 0 Å². The molecule has 2 rings (SSSR count).